The van der Waals surface area contributed by atoms with Gasteiger partial charge in [-0.05, 0) is 12.3 Å². The van der Waals surface area contributed by atoms with Crippen LogP contribution in [0.3, 0.4) is 0 Å². The Kier molecular flexibility index (Phi) is 6.89. The smallest absolute Gasteiger partial charge is 0.310 e. The van der Waals surface area contributed by atoms with Crippen molar-refractivity contribution in [2.75, 3.05) is 20.7 Å². The molecule has 0 aliphatic heterocycles. The molecule has 0 spiro atoms. The number of hydrogen-bond donors (Lipinski definition) is 0. The first-order valence-electron chi connectivity index (χ1n) is 7.36. The molecule has 4 heteroatoms. The molecule has 0 radical (unpaired) electrons. The lowest BCUT2D eigenvalue weighted by molar-refractivity contribution is -0.146. The van der Waals surface area contributed by atoms with Crippen LogP contribution in [0.2, 0.25) is 0 Å². The second-order valence-corrected chi connectivity index (χ2v) is 5.74. The van der Waals surface area contributed by atoms with Crippen molar-refractivity contribution in [3.05, 3.63) is 0 Å². The van der Waals surface area contributed by atoms with Gasteiger partial charge in [0.2, 0.25) is 5.91 Å². The summed E-state index contributed by atoms with van der Waals surface area (Å²) in [5.74, 6) is 0.353. The first-order valence-corrected chi connectivity index (χ1v) is 7.36. The van der Waals surface area contributed by atoms with Crippen molar-refractivity contribution in [2.45, 2.75) is 51.9 Å². The highest BCUT2D eigenvalue weighted by Gasteiger charge is 2.20. The van der Waals surface area contributed by atoms with Gasteiger partial charge in [0.05, 0.1) is 13.0 Å². The SMILES string of the molecule is COC(=O)C(C)CN(C)C(=O)CCC1CCCCC1. The molecule has 1 aliphatic carbocycles. The van der Waals surface area contributed by atoms with E-state index < -0.39 is 0 Å². The molecule has 0 aromatic rings. The predicted octanol–water partition coefficient (Wildman–Crippen LogP) is 2.61. The Bertz CT molecular complexity index is 298. The topological polar surface area (TPSA) is 46.6 Å². The van der Waals surface area contributed by atoms with E-state index in [1.165, 1.54) is 39.2 Å². The third-order valence-electron chi connectivity index (χ3n) is 4.07. The third-order valence-corrected chi connectivity index (χ3v) is 4.07. The summed E-state index contributed by atoms with van der Waals surface area (Å²) in [5.41, 5.74) is 0. The Labute approximate surface area is 116 Å². The molecule has 0 aromatic carbocycles. The van der Waals surface area contributed by atoms with Crippen LogP contribution in [0.1, 0.15) is 51.9 Å². The van der Waals surface area contributed by atoms with Gasteiger partial charge in [0.25, 0.3) is 0 Å². The highest BCUT2D eigenvalue weighted by molar-refractivity contribution is 5.77. The van der Waals surface area contributed by atoms with Gasteiger partial charge in [-0.2, -0.15) is 0 Å². The van der Waals surface area contributed by atoms with E-state index in [0.29, 0.717) is 13.0 Å². The van der Waals surface area contributed by atoms with Gasteiger partial charge in [-0.1, -0.05) is 39.0 Å². The summed E-state index contributed by atoms with van der Waals surface area (Å²) >= 11 is 0. The molecule has 0 bridgehead atoms. The fourth-order valence-corrected chi connectivity index (χ4v) is 2.78. The summed E-state index contributed by atoms with van der Waals surface area (Å²) in [6.07, 6.45) is 8.12. The van der Waals surface area contributed by atoms with Crippen LogP contribution in [-0.4, -0.2) is 37.5 Å². The van der Waals surface area contributed by atoms with Gasteiger partial charge in [0, 0.05) is 20.0 Å². The summed E-state index contributed by atoms with van der Waals surface area (Å²) in [4.78, 5) is 25.0. The molecule has 110 valence electrons. The quantitative estimate of drug-likeness (QED) is 0.696. The van der Waals surface area contributed by atoms with Crippen molar-refractivity contribution in [3.8, 4) is 0 Å². The van der Waals surface area contributed by atoms with Gasteiger partial charge in [0.1, 0.15) is 0 Å². The summed E-state index contributed by atoms with van der Waals surface area (Å²) in [7, 11) is 3.15. The molecular formula is C15H27NO3. The highest BCUT2D eigenvalue weighted by Crippen LogP contribution is 2.27. The number of rotatable bonds is 6. The number of amides is 1. The van der Waals surface area contributed by atoms with E-state index >= 15 is 0 Å². The second-order valence-electron chi connectivity index (χ2n) is 5.74. The van der Waals surface area contributed by atoms with Gasteiger partial charge in [-0.3, -0.25) is 9.59 Å². The molecule has 1 saturated carbocycles. The van der Waals surface area contributed by atoms with Crippen LogP contribution in [0, 0.1) is 11.8 Å². The number of ether oxygens (including phenoxy) is 1. The van der Waals surface area contributed by atoms with Crippen molar-refractivity contribution < 1.29 is 14.3 Å². The van der Waals surface area contributed by atoms with Crippen LogP contribution in [0.25, 0.3) is 0 Å². The number of carbonyl (C=O) groups excluding carboxylic acids is 2. The molecule has 1 unspecified atom stereocenters. The molecule has 4 nitrogen and oxygen atoms in total. The van der Waals surface area contributed by atoms with E-state index in [1.54, 1.807) is 18.9 Å². The average Bonchev–Trinajstić information content (AvgIpc) is 2.44. The van der Waals surface area contributed by atoms with Crippen LogP contribution < -0.4 is 0 Å². The van der Waals surface area contributed by atoms with Crippen LogP contribution >= 0.6 is 0 Å². The molecule has 19 heavy (non-hydrogen) atoms. The monoisotopic (exact) mass is 269 g/mol. The number of hydrogen-bond acceptors (Lipinski definition) is 3. The molecule has 0 heterocycles. The molecule has 1 amide bonds. The first-order chi connectivity index (χ1) is 9.04. The lowest BCUT2D eigenvalue weighted by Crippen LogP contribution is -2.34. The van der Waals surface area contributed by atoms with E-state index in [9.17, 15) is 9.59 Å². The lowest BCUT2D eigenvalue weighted by atomic mass is 9.86. The van der Waals surface area contributed by atoms with Crippen LogP contribution in [0.5, 0.6) is 0 Å². The van der Waals surface area contributed by atoms with E-state index in [4.69, 9.17) is 0 Å². The summed E-state index contributed by atoms with van der Waals surface area (Å²) in [6, 6.07) is 0. The Hall–Kier alpha value is -1.06. The zero-order valence-corrected chi connectivity index (χ0v) is 12.5. The summed E-state index contributed by atoms with van der Waals surface area (Å²) < 4.78 is 4.67. The minimum atomic E-state index is -0.257. The lowest BCUT2D eigenvalue weighted by Gasteiger charge is -2.24. The number of carbonyl (C=O) groups is 2. The maximum atomic E-state index is 12.0. The van der Waals surface area contributed by atoms with Crippen LogP contribution in [-0.2, 0) is 14.3 Å². The first kappa shape index (κ1) is 16.0. The fourth-order valence-electron chi connectivity index (χ4n) is 2.78. The van der Waals surface area contributed by atoms with Crippen LogP contribution in [0.15, 0.2) is 0 Å². The van der Waals surface area contributed by atoms with Crippen molar-refractivity contribution in [1.82, 2.24) is 4.90 Å². The minimum absolute atomic E-state index is 0.140. The van der Waals surface area contributed by atoms with E-state index in [-0.39, 0.29) is 17.8 Å². The maximum absolute atomic E-state index is 12.0. The number of nitrogens with zero attached hydrogens (tertiary/aromatic N) is 1. The van der Waals surface area contributed by atoms with Gasteiger partial charge >= 0.3 is 5.97 Å². The Balaban J connectivity index is 2.25. The second kappa shape index (κ2) is 8.18. The summed E-state index contributed by atoms with van der Waals surface area (Å²) in [6.45, 7) is 2.23. The van der Waals surface area contributed by atoms with Gasteiger partial charge in [-0.25, -0.2) is 0 Å². The molecule has 0 saturated heterocycles. The molecule has 1 rings (SSSR count). The maximum Gasteiger partial charge on any atom is 0.310 e. The molecule has 1 aliphatic rings. The van der Waals surface area contributed by atoms with Crippen molar-refractivity contribution >= 4 is 11.9 Å². The van der Waals surface area contributed by atoms with E-state index in [1.807, 2.05) is 0 Å². The Morgan fingerprint density at radius 3 is 2.47 bits per heavy atom. The molecule has 1 atom stereocenters. The molecule has 0 aromatic heterocycles. The summed E-state index contributed by atoms with van der Waals surface area (Å²) in [5, 5.41) is 0. The van der Waals surface area contributed by atoms with Gasteiger partial charge in [-0.15, -0.1) is 0 Å². The highest BCUT2D eigenvalue weighted by atomic mass is 16.5. The number of methoxy groups -OCH3 is 1. The van der Waals surface area contributed by atoms with Gasteiger partial charge < -0.3 is 9.64 Å². The van der Waals surface area contributed by atoms with E-state index in [0.717, 1.165) is 12.3 Å². The molecule has 1 fully saturated rings. The standard InChI is InChI=1S/C15H27NO3/c1-12(15(18)19-3)11-16(2)14(17)10-9-13-7-5-4-6-8-13/h12-13H,4-11H2,1-3H3. The van der Waals surface area contributed by atoms with Crippen molar-refractivity contribution in [1.29, 1.82) is 0 Å². The molecule has 0 N–H and O–H groups in total. The normalized spacial score (nSPS) is 17.8. The number of esters is 1. The van der Waals surface area contributed by atoms with Crippen molar-refractivity contribution in [2.24, 2.45) is 11.8 Å². The third kappa shape index (κ3) is 5.62. The minimum Gasteiger partial charge on any atom is -0.469 e. The largest absolute Gasteiger partial charge is 0.469 e. The fraction of sp³-hybridized carbons (Fsp3) is 0.867. The van der Waals surface area contributed by atoms with E-state index in [2.05, 4.69) is 4.74 Å². The van der Waals surface area contributed by atoms with Crippen molar-refractivity contribution in [3.63, 3.8) is 0 Å². The zero-order chi connectivity index (χ0) is 14.3. The predicted molar refractivity (Wildman–Crippen MR) is 74.6 cm³/mol. The molecular weight excluding hydrogens is 242 g/mol. The average molecular weight is 269 g/mol. The van der Waals surface area contributed by atoms with Crippen LogP contribution in [0.4, 0.5) is 0 Å². The zero-order valence-electron chi connectivity index (χ0n) is 12.5. The van der Waals surface area contributed by atoms with Gasteiger partial charge in [0.15, 0.2) is 0 Å². The Morgan fingerprint density at radius 2 is 1.89 bits per heavy atom. The Morgan fingerprint density at radius 1 is 1.26 bits per heavy atom.